The Morgan fingerprint density at radius 1 is 1.36 bits per heavy atom. The van der Waals surface area contributed by atoms with E-state index in [-0.39, 0.29) is 35.3 Å². The highest BCUT2D eigenvalue weighted by Crippen LogP contribution is 2.62. The molecule has 22 heavy (non-hydrogen) atoms. The number of nitrogens with zero attached hydrogens (tertiary/aromatic N) is 1. The Kier molecular flexibility index (Phi) is 4.40. The molecule has 3 unspecified atom stereocenters. The largest absolute Gasteiger partial charge is 0.458 e. The molecule has 0 radical (unpaired) electrons. The Labute approximate surface area is 138 Å². The van der Waals surface area contributed by atoms with E-state index >= 15 is 0 Å². The van der Waals surface area contributed by atoms with E-state index in [4.69, 9.17) is 4.74 Å². The number of carbonyl (C=O) groups is 1. The Hall–Kier alpha value is -1.35. The topological polar surface area (TPSA) is 39.2 Å². The molecule has 3 nitrogen and oxygen atoms in total. The predicted octanol–water partition coefficient (Wildman–Crippen LogP) is 4.11. The number of fused-ring (bicyclic) bond motifs is 1. The van der Waals surface area contributed by atoms with Crippen LogP contribution in [0.15, 0.2) is 35.5 Å². The fourth-order valence-corrected chi connectivity index (χ4v) is 4.25. The predicted molar refractivity (Wildman–Crippen MR) is 88.9 cm³/mol. The van der Waals surface area contributed by atoms with Gasteiger partial charge in [-0.25, -0.2) is 0 Å². The van der Waals surface area contributed by atoms with Crippen molar-refractivity contribution in [2.45, 2.75) is 52.6 Å². The van der Waals surface area contributed by atoms with E-state index in [9.17, 15) is 4.79 Å². The van der Waals surface area contributed by atoms with Gasteiger partial charge in [0.15, 0.2) is 0 Å². The number of pyridine rings is 1. The van der Waals surface area contributed by atoms with E-state index in [1.807, 2.05) is 18.2 Å². The van der Waals surface area contributed by atoms with Crippen molar-refractivity contribution in [3.05, 3.63) is 41.2 Å². The Morgan fingerprint density at radius 2 is 2.09 bits per heavy atom. The zero-order chi connectivity index (χ0) is 15.3. The van der Waals surface area contributed by atoms with E-state index < -0.39 is 0 Å². The number of aromatic nitrogens is 1. The normalized spacial score (nSPS) is 33.2. The summed E-state index contributed by atoms with van der Waals surface area (Å²) in [5, 5.41) is 0. The maximum atomic E-state index is 12.5. The second-order valence-corrected chi connectivity index (χ2v) is 6.91. The molecule has 1 saturated heterocycles. The van der Waals surface area contributed by atoms with Crippen LogP contribution < -0.4 is 0 Å². The van der Waals surface area contributed by atoms with Gasteiger partial charge in [0.1, 0.15) is 5.60 Å². The molecular weight excluding hydrogens is 298 g/mol. The molecule has 2 aliphatic rings. The van der Waals surface area contributed by atoms with Crippen LogP contribution in [0, 0.1) is 11.3 Å². The zero-order valence-electron chi connectivity index (χ0n) is 13.7. The molecule has 2 heterocycles. The average Bonchev–Trinajstić information content (AvgIpc) is 2.79. The van der Waals surface area contributed by atoms with Gasteiger partial charge in [0.2, 0.25) is 0 Å². The van der Waals surface area contributed by atoms with E-state index in [1.165, 1.54) is 11.1 Å². The van der Waals surface area contributed by atoms with Crippen molar-refractivity contribution in [3.63, 3.8) is 0 Å². The lowest BCUT2D eigenvalue weighted by molar-refractivity contribution is -0.150. The van der Waals surface area contributed by atoms with Gasteiger partial charge >= 0.3 is 5.97 Å². The molecular formula is C18H24ClNO2. The summed E-state index contributed by atoms with van der Waals surface area (Å²) in [6.45, 7) is 8.60. The Balaban J connectivity index is 0.00000176. The van der Waals surface area contributed by atoms with Crippen LogP contribution in [0.3, 0.4) is 0 Å². The number of esters is 1. The van der Waals surface area contributed by atoms with E-state index in [1.54, 1.807) is 6.20 Å². The van der Waals surface area contributed by atoms with Crippen LogP contribution in [0.2, 0.25) is 0 Å². The third kappa shape index (κ3) is 2.26. The van der Waals surface area contributed by atoms with Crippen molar-refractivity contribution < 1.29 is 9.53 Å². The monoisotopic (exact) mass is 321 g/mol. The molecule has 1 aromatic heterocycles. The number of hydrogen-bond acceptors (Lipinski definition) is 3. The SMILES string of the molecule is CC(C)=C1CCC2(C)OC(=O)C(Cc3ccccn3)C12C.Cl. The van der Waals surface area contributed by atoms with Crippen molar-refractivity contribution in [3.8, 4) is 0 Å². The lowest BCUT2D eigenvalue weighted by Crippen LogP contribution is -2.40. The molecule has 0 aromatic carbocycles. The molecule has 3 atom stereocenters. The Bertz CT molecular complexity index is 609. The summed E-state index contributed by atoms with van der Waals surface area (Å²) in [4.78, 5) is 16.9. The second-order valence-electron chi connectivity index (χ2n) is 6.91. The molecule has 0 amide bonds. The number of allylic oxidation sites excluding steroid dienone is 1. The van der Waals surface area contributed by atoms with Crippen LogP contribution in [-0.2, 0) is 16.0 Å². The minimum absolute atomic E-state index is 0. The third-order valence-electron chi connectivity index (χ3n) is 5.63. The van der Waals surface area contributed by atoms with E-state index in [2.05, 4.69) is 32.7 Å². The first-order valence-corrected chi connectivity index (χ1v) is 7.68. The van der Waals surface area contributed by atoms with Crippen LogP contribution in [0.4, 0.5) is 0 Å². The minimum atomic E-state index is -0.365. The van der Waals surface area contributed by atoms with Gasteiger partial charge in [0.05, 0.1) is 5.92 Å². The zero-order valence-corrected chi connectivity index (χ0v) is 14.5. The first-order chi connectivity index (χ1) is 9.88. The molecule has 3 rings (SSSR count). The smallest absolute Gasteiger partial charge is 0.310 e. The van der Waals surface area contributed by atoms with Crippen molar-refractivity contribution in [1.82, 2.24) is 4.98 Å². The quantitative estimate of drug-likeness (QED) is 0.607. The number of halogens is 1. The highest BCUT2D eigenvalue weighted by atomic mass is 35.5. The average molecular weight is 322 g/mol. The summed E-state index contributed by atoms with van der Waals surface area (Å²) in [6, 6.07) is 5.86. The first kappa shape index (κ1) is 17.0. The number of rotatable bonds is 2. The second kappa shape index (κ2) is 5.69. The maximum absolute atomic E-state index is 12.5. The summed E-state index contributed by atoms with van der Waals surface area (Å²) in [6.07, 6.45) is 4.39. The van der Waals surface area contributed by atoms with Crippen LogP contribution in [-0.4, -0.2) is 16.6 Å². The summed E-state index contributed by atoms with van der Waals surface area (Å²) in [5.74, 6) is -0.200. The van der Waals surface area contributed by atoms with Crippen molar-refractivity contribution in [2.75, 3.05) is 0 Å². The van der Waals surface area contributed by atoms with Crippen LogP contribution in [0.5, 0.6) is 0 Å². The van der Waals surface area contributed by atoms with Crippen LogP contribution >= 0.6 is 12.4 Å². The molecule has 2 fully saturated rings. The van der Waals surface area contributed by atoms with Gasteiger partial charge in [-0.2, -0.15) is 0 Å². The highest BCUT2D eigenvalue weighted by molar-refractivity contribution is 5.85. The first-order valence-electron chi connectivity index (χ1n) is 7.68. The van der Waals surface area contributed by atoms with Gasteiger partial charge < -0.3 is 4.74 Å². The van der Waals surface area contributed by atoms with Gasteiger partial charge in [-0.1, -0.05) is 24.1 Å². The van der Waals surface area contributed by atoms with Crippen molar-refractivity contribution in [1.29, 1.82) is 0 Å². The van der Waals surface area contributed by atoms with Crippen molar-refractivity contribution in [2.24, 2.45) is 11.3 Å². The summed E-state index contributed by atoms with van der Waals surface area (Å²) < 4.78 is 5.84. The van der Waals surface area contributed by atoms with Gasteiger partial charge in [-0.15, -0.1) is 12.4 Å². The summed E-state index contributed by atoms with van der Waals surface area (Å²) in [7, 11) is 0. The molecule has 1 aromatic rings. The maximum Gasteiger partial charge on any atom is 0.310 e. The Morgan fingerprint density at radius 3 is 2.68 bits per heavy atom. The van der Waals surface area contributed by atoms with Gasteiger partial charge in [-0.3, -0.25) is 9.78 Å². The fourth-order valence-electron chi connectivity index (χ4n) is 4.25. The summed E-state index contributed by atoms with van der Waals surface area (Å²) >= 11 is 0. The lowest BCUT2D eigenvalue weighted by atomic mass is 9.65. The lowest BCUT2D eigenvalue weighted by Gasteiger charge is -2.36. The van der Waals surface area contributed by atoms with Gasteiger partial charge in [0, 0.05) is 23.7 Å². The standard InChI is InChI=1S/C18H23NO2.ClH/c1-12(2)14-8-9-17(3)18(14,4)15(16(20)21-17)11-13-7-5-6-10-19-13;/h5-7,10,15H,8-9,11H2,1-4H3;1H. The molecule has 0 N–H and O–H groups in total. The molecule has 0 bridgehead atoms. The number of carbonyl (C=O) groups excluding carboxylic acids is 1. The fraction of sp³-hybridized carbons (Fsp3) is 0.556. The number of ether oxygens (including phenoxy) is 1. The number of hydrogen-bond donors (Lipinski definition) is 0. The minimum Gasteiger partial charge on any atom is -0.458 e. The van der Waals surface area contributed by atoms with Crippen LogP contribution in [0.1, 0.15) is 46.2 Å². The van der Waals surface area contributed by atoms with Gasteiger partial charge in [0.25, 0.3) is 0 Å². The molecule has 4 heteroatoms. The molecule has 120 valence electrons. The third-order valence-corrected chi connectivity index (χ3v) is 5.63. The summed E-state index contributed by atoms with van der Waals surface area (Å²) in [5.41, 5.74) is 3.11. The highest BCUT2D eigenvalue weighted by Gasteiger charge is 2.65. The molecule has 1 aliphatic carbocycles. The molecule has 1 aliphatic heterocycles. The van der Waals surface area contributed by atoms with E-state index in [0.29, 0.717) is 6.42 Å². The van der Waals surface area contributed by atoms with Crippen molar-refractivity contribution >= 4 is 18.4 Å². The van der Waals surface area contributed by atoms with E-state index in [0.717, 1.165) is 18.5 Å². The molecule has 1 saturated carbocycles. The van der Waals surface area contributed by atoms with Gasteiger partial charge in [-0.05, 0) is 45.7 Å². The van der Waals surface area contributed by atoms with Crippen LogP contribution in [0.25, 0.3) is 0 Å². The molecule has 0 spiro atoms.